The van der Waals surface area contributed by atoms with Gasteiger partial charge in [0.25, 0.3) is 0 Å². The van der Waals surface area contributed by atoms with Gasteiger partial charge in [0.1, 0.15) is 11.8 Å². The van der Waals surface area contributed by atoms with Crippen molar-refractivity contribution >= 4 is 17.4 Å². The van der Waals surface area contributed by atoms with Crippen LogP contribution >= 0.6 is 0 Å². The number of nitrogens with zero attached hydrogens (tertiary/aromatic N) is 1. The van der Waals surface area contributed by atoms with E-state index >= 15 is 0 Å². The molecule has 1 aliphatic carbocycles. The highest BCUT2D eigenvalue weighted by atomic mass is 16.5. The van der Waals surface area contributed by atoms with E-state index in [9.17, 15) is 14.9 Å². The molecule has 0 fully saturated rings. The Bertz CT molecular complexity index is 886. The number of benzene rings is 1. The fourth-order valence-electron chi connectivity index (χ4n) is 3.44. The first-order valence-electron chi connectivity index (χ1n) is 8.42. The maximum absolute atomic E-state index is 12.5. The molecule has 6 heteroatoms. The largest absolute Gasteiger partial charge is 0.484 e. The van der Waals surface area contributed by atoms with Crippen LogP contribution in [0, 0.1) is 16.7 Å². The maximum atomic E-state index is 12.5. The van der Waals surface area contributed by atoms with Gasteiger partial charge in [-0.15, -0.1) is 0 Å². The van der Waals surface area contributed by atoms with E-state index in [0.717, 1.165) is 5.56 Å². The zero-order valence-electron chi connectivity index (χ0n) is 15.1. The number of amides is 1. The molecule has 0 saturated carbocycles. The van der Waals surface area contributed by atoms with Crippen molar-refractivity contribution < 1.29 is 14.3 Å². The van der Waals surface area contributed by atoms with Gasteiger partial charge in [0.2, 0.25) is 5.91 Å². The molecule has 0 radical (unpaired) electrons. The molecule has 0 spiro atoms. The molecule has 3 rings (SSSR count). The molecule has 3 N–H and O–H groups in total. The third-order valence-corrected chi connectivity index (χ3v) is 4.57. The molecule has 134 valence electrons. The zero-order chi connectivity index (χ0) is 19.1. The summed E-state index contributed by atoms with van der Waals surface area (Å²) in [5.41, 5.74) is 8.18. The third kappa shape index (κ3) is 3.21. The summed E-state index contributed by atoms with van der Waals surface area (Å²) in [5.74, 6) is 0.311. The number of nitrogens with one attached hydrogen (secondary N) is 1. The lowest BCUT2D eigenvalue weighted by molar-refractivity contribution is -0.119. The number of hydrogen-bond donors (Lipinski definition) is 2. The van der Waals surface area contributed by atoms with E-state index in [0.29, 0.717) is 29.9 Å². The van der Waals surface area contributed by atoms with Gasteiger partial charge in [-0.3, -0.25) is 9.59 Å². The van der Waals surface area contributed by atoms with Crippen LogP contribution in [0.15, 0.2) is 46.9 Å². The molecule has 1 aromatic rings. The van der Waals surface area contributed by atoms with Gasteiger partial charge < -0.3 is 15.8 Å². The maximum Gasteiger partial charge on any atom is 0.221 e. The summed E-state index contributed by atoms with van der Waals surface area (Å²) in [7, 11) is 0. The number of nitriles is 1. The van der Waals surface area contributed by atoms with Crippen molar-refractivity contribution in [3.8, 4) is 6.07 Å². The van der Waals surface area contributed by atoms with Crippen LogP contribution in [0.5, 0.6) is 0 Å². The Balaban J connectivity index is 1.99. The van der Waals surface area contributed by atoms with E-state index in [1.165, 1.54) is 6.92 Å². The van der Waals surface area contributed by atoms with Gasteiger partial charge in [-0.1, -0.05) is 26.0 Å². The lowest BCUT2D eigenvalue weighted by atomic mass is 9.74. The van der Waals surface area contributed by atoms with Gasteiger partial charge in [-0.25, -0.2) is 0 Å². The monoisotopic (exact) mass is 351 g/mol. The average Bonchev–Trinajstić information content (AvgIpc) is 2.53. The number of ether oxygens (including phenoxy) is 1. The van der Waals surface area contributed by atoms with E-state index in [2.05, 4.69) is 11.4 Å². The smallest absolute Gasteiger partial charge is 0.221 e. The van der Waals surface area contributed by atoms with Gasteiger partial charge in [0.05, 0.1) is 16.8 Å². The standard InChI is InChI=1S/C20H21N3O3/c1-11(24)23-13-6-4-12(5-7-13)19-14(10-21)18(22)17-15(25)8-20(2,3)9-16(17)26-19/h4-7,19H,8-9,22H2,1-3H3,(H,23,24)/t19-/m0/s1. The normalized spacial score (nSPS) is 21.6. The Labute approximate surface area is 152 Å². The highest BCUT2D eigenvalue weighted by Gasteiger charge is 2.41. The number of rotatable bonds is 2. The molecule has 1 aromatic carbocycles. The highest BCUT2D eigenvalue weighted by molar-refractivity contribution is 6.01. The molecule has 1 atom stereocenters. The number of ketones is 1. The Morgan fingerprint density at radius 2 is 1.96 bits per heavy atom. The summed E-state index contributed by atoms with van der Waals surface area (Å²) in [5, 5.41) is 12.3. The molecule has 0 unspecified atom stereocenters. The Kier molecular flexibility index (Phi) is 4.33. The van der Waals surface area contributed by atoms with Crippen molar-refractivity contribution in [3.63, 3.8) is 0 Å². The first kappa shape index (κ1) is 17.7. The molecular formula is C20H21N3O3. The number of anilines is 1. The first-order chi connectivity index (χ1) is 12.2. The first-order valence-corrected chi connectivity index (χ1v) is 8.42. The van der Waals surface area contributed by atoms with Crippen LogP contribution in [-0.4, -0.2) is 11.7 Å². The topological polar surface area (TPSA) is 105 Å². The Morgan fingerprint density at radius 1 is 1.31 bits per heavy atom. The Hall–Kier alpha value is -3.07. The lowest BCUT2D eigenvalue weighted by Gasteiger charge is -2.37. The van der Waals surface area contributed by atoms with Crippen LogP contribution in [0.1, 0.15) is 45.3 Å². The van der Waals surface area contributed by atoms with Gasteiger partial charge >= 0.3 is 0 Å². The summed E-state index contributed by atoms with van der Waals surface area (Å²) >= 11 is 0. The molecule has 1 aliphatic heterocycles. The number of hydrogen-bond acceptors (Lipinski definition) is 5. The second-order valence-corrected chi connectivity index (χ2v) is 7.48. The number of allylic oxidation sites excluding steroid dienone is 2. The van der Waals surface area contributed by atoms with Crippen molar-refractivity contribution in [2.45, 2.75) is 39.7 Å². The lowest BCUT2D eigenvalue weighted by Crippen LogP contribution is -2.33. The van der Waals surface area contributed by atoms with E-state index in [1.54, 1.807) is 24.3 Å². The van der Waals surface area contributed by atoms with Crippen LogP contribution < -0.4 is 11.1 Å². The third-order valence-electron chi connectivity index (χ3n) is 4.57. The van der Waals surface area contributed by atoms with Gasteiger partial charge in [0.15, 0.2) is 11.9 Å². The summed E-state index contributed by atoms with van der Waals surface area (Å²) < 4.78 is 6.09. The molecule has 6 nitrogen and oxygen atoms in total. The number of Topliss-reactive ketones (excluding diaryl/α,β-unsaturated/α-hetero) is 1. The van der Waals surface area contributed by atoms with E-state index in [1.807, 2.05) is 13.8 Å². The minimum Gasteiger partial charge on any atom is -0.484 e. The predicted molar refractivity (Wildman–Crippen MR) is 96.4 cm³/mol. The molecular weight excluding hydrogens is 330 g/mol. The number of carbonyl (C=O) groups is 2. The zero-order valence-corrected chi connectivity index (χ0v) is 15.1. The van der Waals surface area contributed by atoms with Crippen LogP contribution in [0.4, 0.5) is 5.69 Å². The van der Waals surface area contributed by atoms with Crippen LogP contribution in [-0.2, 0) is 14.3 Å². The fourth-order valence-corrected chi connectivity index (χ4v) is 3.44. The van der Waals surface area contributed by atoms with Gasteiger partial charge in [-0.2, -0.15) is 5.26 Å². The van der Waals surface area contributed by atoms with Crippen LogP contribution in [0.2, 0.25) is 0 Å². The molecule has 2 aliphatic rings. The van der Waals surface area contributed by atoms with E-state index < -0.39 is 6.10 Å². The van der Waals surface area contributed by atoms with Crippen molar-refractivity contribution in [1.29, 1.82) is 5.26 Å². The van der Waals surface area contributed by atoms with Crippen molar-refractivity contribution in [2.24, 2.45) is 11.1 Å². The van der Waals surface area contributed by atoms with Gasteiger partial charge in [0, 0.05) is 25.5 Å². The van der Waals surface area contributed by atoms with Crippen LogP contribution in [0.25, 0.3) is 0 Å². The van der Waals surface area contributed by atoms with Crippen molar-refractivity contribution in [2.75, 3.05) is 5.32 Å². The quantitative estimate of drug-likeness (QED) is 0.852. The molecule has 0 aromatic heterocycles. The van der Waals surface area contributed by atoms with E-state index in [-0.39, 0.29) is 28.4 Å². The molecule has 26 heavy (non-hydrogen) atoms. The fraction of sp³-hybridized carbons (Fsp3) is 0.350. The molecule has 1 heterocycles. The SMILES string of the molecule is CC(=O)Nc1ccc([C@@H]2OC3=C(C(=O)CC(C)(C)C3)C(N)=C2C#N)cc1. The number of nitrogens with two attached hydrogens (primary N) is 1. The summed E-state index contributed by atoms with van der Waals surface area (Å²) in [6.07, 6.45) is 0.311. The number of carbonyl (C=O) groups excluding carboxylic acids is 2. The second-order valence-electron chi connectivity index (χ2n) is 7.48. The molecule has 0 saturated heterocycles. The molecule has 1 amide bonds. The average molecular weight is 351 g/mol. The minimum atomic E-state index is -0.660. The van der Waals surface area contributed by atoms with E-state index in [4.69, 9.17) is 10.5 Å². The summed E-state index contributed by atoms with van der Waals surface area (Å²) in [4.78, 5) is 23.7. The summed E-state index contributed by atoms with van der Waals surface area (Å²) in [6.45, 7) is 5.45. The van der Waals surface area contributed by atoms with Crippen molar-refractivity contribution in [1.82, 2.24) is 0 Å². The summed E-state index contributed by atoms with van der Waals surface area (Å²) in [6, 6.07) is 9.14. The van der Waals surface area contributed by atoms with Crippen LogP contribution in [0.3, 0.4) is 0 Å². The second kappa shape index (κ2) is 6.34. The minimum absolute atomic E-state index is 0.0824. The Morgan fingerprint density at radius 3 is 2.54 bits per heavy atom. The van der Waals surface area contributed by atoms with Crippen molar-refractivity contribution in [3.05, 3.63) is 52.4 Å². The highest BCUT2D eigenvalue weighted by Crippen LogP contribution is 2.45. The predicted octanol–water partition coefficient (Wildman–Crippen LogP) is 3.10. The van der Waals surface area contributed by atoms with Gasteiger partial charge in [-0.05, 0) is 23.1 Å². The molecule has 0 bridgehead atoms.